The molecule has 0 amide bonds. The van der Waals surface area contributed by atoms with Gasteiger partial charge in [0.05, 0.1) is 33.4 Å². The molecule has 0 bridgehead atoms. The lowest BCUT2D eigenvalue weighted by atomic mass is 10.3. The Bertz CT molecular complexity index is 736. The van der Waals surface area contributed by atoms with Crippen LogP contribution < -0.4 is 0 Å². The number of benzene rings is 1. The monoisotopic (exact) mass is 288 g/mol. The van der Waals surface area contributed by atoms with Crippen LogP contribution in [0.5, 0.6) is 0 Å². The average Bonchev–Trinajstić information content (AvgIpc) is 3.08. The zero-order valence-electron chi connectivity index (χ0n) is 10.8. The summed E-state index contributed by atoms with van der Waals surface area (Å²) in [5.41, 5.74) is 0.841. The van der Waals surface area contributed by atoms with Gasteiger partial charge in [-0.05, 0) is 35.5 Å². The van der Waals surface area contributed by atoms with Crippen LogP contribution in [-0.4, -0.2) is 24.4 Å². The molecule has 0 aliphatic heterocycles. The van der Waals surface area contributed by atoms with Crippen molar-refractivity contribution in [2.45, 2.75) is 17.6 Å². The Balaban J connectivity index is 1.88. The quantitative estimate of drug-likeness (QED) is 0.732. The summed E-state index contributed by atoms with van der Waals surface area (Å²) in [5.74, 6) is 1.44. The van der Waals surface area contributed by atoms with Crippen molar-refractivity contribution < 1.29 is 8.63 Å². The molecule has 0 aliphatic rings. The largest absolute Gasteiger partial charge is 0.468 e. The van der Waals surface area contributed by atoms with Crippen LogP contribution in [0.1, 0.15) is 11.6 Å². The maximum Gasteiger partial charge on any atom is 0.169 e. The van der Waals surface area contributed by atoms with Gasteiger partial charge in [-0.1, -0.05) is 18.2 Å². The smallest absolute Gasteiger partial charge is 0.169 e. The first-order chi connectivity index (χ1) is 9.75. The Morgan fingerprint density at radius 2 is 2.05 bits per heavy atom. The first-order valence-corrected chi connectivity index (χ1v) is 7.33. The molecule has 0 saturated heterocycles. The minimum absolute atomic E-state index is 0.238. The van der Waals surface area contributed by atoms with E-state index in [0.717, 1.165) is 5.69 Å². The van der Waals surface area contributed by atoms with Crippen molar-refractivity contribution in [3.05, 3.63) is 54.2 Å². The SMILES string of the molecule is Cc1occc1[S@@](=O)Cc1nnnn1-c1ccccc1. The second kappa shape index (κ2) is 5.38. The minimum Gasteiger partial charge on any atom is -0.468 e. The molecule has 102 valence electrons. The molecule has 0 spiro atoms. The topological polar surface area (TPSA) is 73.8 Å². The number of rotatable bonds is 4. The minimum atomic E-state index is -1.23. The van der Waals surface area contributed by atoms with Crippen molar-refractivity contribution in [1.29, 1.82) is 0 Å². The Morgan fingerprint density at radius 3 is 2.75 bits per heavy atom. The lowest BCUT2D eigenvalue weighted by molar-refractivity contribution is 0.525. The van der Waals surface area contributed by atoms with Crippen molar-refractivity contribution in [2.75, 3.05) is 0 Å². The lowest BCUT2D eigenvalue weighted by Gasteiger charge is -2.03. The number of aryl methyl sites for hydroxylation is 1. The van der Waals surface area contributed by atoms with E-state index >= 15 is 0 Å². The molecule has 0 N–H and O–H groups in total. The van der Waals surface area contributed by atoms with E-state index in [1.165, 1.54) is 6.26 Å². The first kappa shape index (κ1) is 12.7. The molecule has 0 radical (unpaired) electrons. The molecule has 2 heterocycles. The zero-order valence-corrected chi connectivity index (χ0v) is 11.6. The normalized spacial score (nSPS) is 12.4. The summed E-state index contributed by atoms with van der Waals surface area (Å²) in [6.07, 6.45) is 1.53. The zero-order chi connectivity index (χ0) is 13.9. The molecule has 3 rings (SSSR count). The molecule has 3 aromatic rings. The molecule has 0 aliphatic carbocycles. The lowest BCUT2D eigenvalue weighted by Crippen LogP contribution is -2.06. The van der Waals surface area contributed by atoms with E-state index in [1.807, 2.05) is 30.3 Å². The highest BCUT2D eigenvalue weighted by molar-refractivity contribution is 7.84. The maximum absolute atomic E-state index is 12.3. The number of hydrogen-bond acceptors (Lipinski definition) is 5. The van der Waals surface area contributed by atoms with E-state index in [9.17, 15) is 4.21 Å². The molecular formula is C13H12N4O2S. The summed E-state index contributed by atoms with van der Waals surface area (Å²) < 4.78 is 19.1. The van der Waals surface area contributed by atoms with Gasteiger partial charge in [-0.15, -0.1) is 5.10 Å². The van der Waals surface area contributed by atoms with E-state index in [4.69, 9.17) is 4.42 Å². The van der Waals surface area contributed by atoms with Gasteiger partial charge in [0, 0.05) is 0 Å². The maximum atomic E-state index is 12.3. The van der Waals surface area contributed by atoms with Gasteiger partial charge in [0.1, 0.15) is 5.76 Å². The standard InChI is InChI=1S/C13H12N4O2S/c1-10-12(7-8-19-10)20(18)9-13-14-15-16-17(13)11-5-3-2-4-6-11/h2-8H,9H2,1H3/t20-/m0/s1. The first-order valence-electron chi connectivity index (χ1n) is 6.01. The van der Waals surface area contributed by atoms with Gasteiger partial charge in [-0.25, -0.2) is 0 Å². The Kier molecular flexibility index (Phi) is 3.42. The fraction of sp³-hybridized carbons (Fsp3) is 0.154. The second-order valence-corrected chi connectivity index (χ2v) is 5.59. The predicted molar refractivity (Wildman–Crippen MR) is 72.7 cm³/mol. The van der Waals surface area contributed by atoms with Gasteiger partial charge >= 0.3 is 0 Å². The summed E-state index contributed by atoms with van der Waals surface area (Å²) in [6.45, 7) is 1.79. The van der Waals surface area contributed by atoms with Crippen molar-refractivity contribution in [1.82, 2.24) is 20.2 Å². The summed E-state index contributed by atoms with van der Waals surface area (Å²) in [6, 6.07) is 11.2. The van der Waals surface area contributed by atoms with E-state index in [1.54, 1.807) is 17.7 Å². The molecule has 0 fully saturated rings. The van der Waals surface area contributed by atoms with Crippen molar-refractivity contribution in [3.8, 4) is 5.69 Å². The Morgan fingerprint density at radius 1 is 1.25 bits per heavy atom. The predicted octanol–water partition coefficient (Wildman–Crippen LogP) is 1.87. The van der Waals surface area contributed by atoms with Crippen LogP contribution in [0.2, 0.25) is 0 Å². The van der Waals surface area contributed by atoms with Crippen LogP contribution in [0.15, 0.2) is 52.0 Å². The average molecular weight is 288 g/mol. The third kappa shape index (κ3) is 2.39. The summed E-state index contributed by atoms with van der Waals surface area (Å²) >= 11 is 0. The van der Waals surface area contributed by atoms with E-state index in [2.05, 4.69) is 15.5 Å². The molecule has 6 nitrogen and oxygen atoms in total. The Hall–Kier alpha value is -2.28. The van der Waals surface area contributed by atoms with Gasteiger partial charge in [0.25, 0.3) is 0 Å². The van der Waals surface area contributed by atoms with E-state index < -0.39 is 10.8 Å². The molecule has 0 unspecified atom stereocenters. The number of hydrogen-bond donors (Lipinski definition) is 0. The molecule has 1 aromatic carbocycles. The van der Waals surface area contributed by atoms with Gasteiger partial charge < -0.3 is 4.42 Å². The van der Waals surface area contributed by atoms with Crippen LogP contribution in [0, 0.1) is 6.92 Å². The molecular weight excluding hydrogens is 276 g/mol. The third-order valence-corrected chi connectivity index (χ3v) is 4.29. The van der Waals surface area contributed by atoms with Gasteiger partial charge in [0.2, 0.25) is 0 Å². The van der Waals surface area contributed by atoms with Crippen LogP contribution in [0.4, 0.5) is 0 Å². The fourth-order valence-corrected chi connectivity index (χ4v) is 3.02. The summed E-state index contributed by atoms with van der Waals surface area (Å²) in [4.78, 5) is 0.674. The highest BCUT2D eigenvalue weighted by atomic mass is 32.2. The highest BCUT2D eigenvalue weighted by Gasteiger charge is 2.15. The number of aromatic nitrogens is 4. The van der Waals surface area contributed by atoms with Crippen LogP contribution in [-0.2, 0) is 16.6 Å². The van der Waals surface area contributed by atoms with Crippen LogP contribution in [0.25, 0.3) is 5.69 Å². The van der Waals surface area contributed by atoms with Crippen molar-refractivity contribution in [3.63, 3.8) is 0 Å². The highest BCUT2D eigenvalue weighted by Crippen LogP contribution is 2.17. The molecule has 20 heavy (non-hydrogen) atoms. The molecule has 1 atom stereocenters. The second-order valence-electron chi connectivity index (χ2n) is 4.17. The van der Waals surface area contributed by atoms with Gasteiger partial charge in [0.15, 0.2) is 5.82 Å². The molecule has 2 aromatic heterocycles. The Labute approximate surface area is 117 Å². The third-order valence-electron chi connectivity index (χ3n) is 2.85. The number of furan rings is 1. The van der Waals surface area contributed by atoms with Crippen molar-refractivity contribution in [2.24, 2.45) is 0 Å². The van der Waals surface area contributed by atoms with E-state index in [0.29, 0.717) is 16.5 Å². The van der Waals surface area contributed by atoms with Crippen molar-refractivity contribution >= 4 is 10.8 Å². The summed E-state index contributed by atoms with van der Waals surface area (Å²) in [7, 11) is -1.23. The number of para-hydroxylation sites is 1. The van der Waals surface area contributed by atoms with Crippen LogP contribution in [0.3, 0.4) is 0 Å². The van der Waals surface area contributed by atoms with Gasteiger partial charge in [-0.2, -0.15) is 4.68 Å². The number of nitrogens with zero attached hydrogens (tertiary/aromatic N) is 4. The van der Waals surface area contributed by atoms with Gasteiger partial charge in [-0.3, -0.25) is 4.21 Å². The van der Waals surface area contributed by atoms with Crippen LogP contribution >= 0.6 is 0 Å². The molecule has 7 heteroatoms. The fourth-order valence-electron chi connectivity index (χ4n) is 1.87. The number of tetrazole rings is 1. The van der Waals surface area contributed by atoms with E-state index in [-0.39, 0.29) is 5.75 Å². The molecule has 0 saturated carbocycles. The summed E-state index contributed by atoms with van der Waals surface area (Å²) in [5, 5.41) is 11.6.